The summed E-state index contributed by atoms with van der Waals surface area (Å²) in [4.78, 5) is 24.5. The Bertz CT molecular complexity index is 907. The van der Waals surface area contributed by atoms with Gasteiger partial charge in [0.1, 0.15) is 4.88 Å². The van der Waals surface area contributed by atoms with Gasteiger partial charge in [-0.25, -0.2) is 0 Å². The van der Waals surface area contributed by atoms with E-state index in [0.717, 1.165) is 15.6 Å². The molecule has 2 N–H and O–H groups in total. The average molecular weight is 379 g/mol. The van der Waals surface area contributed by atoms with Crippen molar-refractivity contribution in [3.8, 4) is 0 Å². The highest BCUT2D eigenvalue weighted by atomic mass is 35.5. The lowest BCUT2D eigenvalue weighted by molar-refractivity contribution is -0.121. The fourth-order valence-corrected chi connectivity index (χ4v) is 3.71. The number of benzene rings is 2. The summed E-state index contributed by atoms with van der Waals surface area (Å²) in [7, 11) is 0. The predicted molar refractivity (Wildman–Crippen MR) is 97.6 cm³/mol. The molecule has 24 heavy (non-hydrogen) atoms. The minimum absolute atomic E-state index is 0.137. The number of thiophene rings is 1. The number of nitrogens with one attached hydrogen (secondary N) is 2. The third-order valence-corrected chi connectivity index (χ3v) is 5.26. The smallest absolute Gasteiger partial charge is 0.273 e. The minimum atomic E-state index is -0.439. The molecule has 4 nitrogen and oxygen atoms in total. The maximum Gasteiger partial charge on any atom is 0.281 e. The number of hydrogen-bond donors (Lipinski definition) is 2. The van der Waals surface area contributed by atoms with Gasteiger partial charge in [-0.1, -0.05) is 53.5 Å². The predicted octanol–water partition coefficient (Wildman–Crippen LogP) is 4.21. The molecule has 1 heterocycles. The summed E-state index contributed by atoms with van der Waals surface area (Å²) in [5.41, 5.74) is 5.58. The lowest BCUT2D eigenvalue weighted by Gasteiger charge is -2.06. The summed E-state index contributed by atoms with van der Waals surface area (Å²) in [5, 5.41) is 1.81. The van der Waals surface area contributed by atoms with Gasteiger partial charge >= 0.3 is 0 Å². The number of carbonyl (C=O) groups excluding carboxylic acids is 2. The first kappa shape index (κ1) is 16.8. The number of fused-ring (bicyclic) bond motifs is 1. The Hall–Kier alpha value is -2.08. The molecule has 122 valence electrons. The number of hydrogen-bond acceptors (Lipinski definition) is 3. The van der Waals surface area contributed by atoms with Crippen molar-refractivity contribution in [1.82, 2.24) is 10.9 Å². The third kappa shape index (κ3) is 3.70. The van der Waals surface area contributed by atoms with E-state index in [1.54, 1.807) is 24.3 Å². The summed E-state index contributed by atoms with van der Waals surface area (Å²) in [6.07, 6.45) is 0.137. The van der Waals surface area contributed by atoms with Gasteiger partial charge in [0.05, 0.1) is 11.4 Å². The Labute approximate surface area is 152 Å². The Morgan fingerprint density at radius 3 is 2.38 bits per heavy atom. The molecule has 0 unspecified atom stereocenters. The van der Waals surface area contributed by atoms with Crippen LogP contribution in [0.3, 0.4) is 0 Å². The van der Waals surface area contributed by atoms with Crippen molar-refractivity contribution in [3.63, 3.8) is 0 Å². The number of amides is 2. The molecule has 0 atom stereocenters. The van der Waals surface area contributed by atoms with Gasteiger partial charge in [0, 0.05) is 15.1 Å². The van der Waals surface area contributed by atoms with Crippen LogP contribution in [-0.2, 0) is 11.2 Å². The van der Waals surface area contributed by atoms with Crippen LogP contribution in [0.15, 0.2) is 48.5 Å². The van der Waals surface area contributed by atoms with Crippen LogP contribution in [0.25, 0.3) is 10.1 Å². The Kier molecular flexibility index (Phi) is 5.04. The summed E-state index contributed by atoms with van der Waals surface area (Å²) in [6.45, 7) is 0. The molecule has 1 aromatic heterocycles. The lowest BCUT2D eigenvalue weighted by atomic mass is 10.1. The van der Waals surface area contributed by atoms with Crippen LogP contribution in [0.1, 0.15) is 15.2 Å². The topological polar surface area (TPSA) is 58.2 Å². The van der Waals surface area contributed by atoms with Crippen LogP contribution in [-0.4, -0.2) is 11.8 Å². The molecule has 7 heteroatoms. The number of rotatable bonds is 3. The van der Waals surface area contributed by atoms with E-state index >= 15 is 0 Å². The first-order valence-corrected chi connectivity index (χ1v) is 8.62. The largest absolute Gasteiger partial charge is 0.281 e. The minimum Gasteiger partial charge on any atom is -0.273 e. The first-order valence-electron chi connectivity index (χ1n) is 7.05. The van der Waals surface area contributed by atoms with E-state index in [0.29, 0.717) is 14.9 Å². The van der Waals surface area contributed by atoms with Gasteiger partial charge in [-0.3, -0.25) is 20.4 Å². The highest BCUT2D eigenvalue weighted by molar-refractivity contribution is 7.21. The zero-order valence-electron chi connectivity index (χ0n) is 12.3. The molecule has 0 radical (unpaired) electrons. The quantitative estimate of drug-likeness (QED) is 0.670. The van der Waals surface area contributed by atoms with Gasteiger partial charge in [0.2, 0.25) is 5.91 Å². The van der Waals surface area contributed by atoms with Crippen molar-refractivity contribution in [2.45, 2.75) is 6.42 Å². The molecule has 0 spiro atoms. The molecule has 3 aromatic rings. The van der Waals surface area contributed by atoms with Crippen molar-refractivity contribution in [3.05, 3.63) is 69.0 Å². The molecule has 0 fully saturated rings. The van der Waals surface area contributed by atoms with Gasteiger partial charge in [0.25, 0.3) is 5.91 Å². The maximum absolute atomic E-state index is 12.2. The van der Waals surface area contributed by atoms with E-state index in [4.69, 9.17) is 23.2 Å². The van der Waals surface area contributed by atoms with E-state index in [1.165, 1.54) is 11.3 Å². The van der Waals surface area contributed by atoms with Crippen LogP contribution in [0.4, 0.5) is 0 Å². The molecular formula is C17H12Cl2N2O2S. The third-order valence-electron chi connectivity index (χ3n) is 3.33. The molecule has 2 amide bonds. The first-order chi connectivity index (χ1) is 11.5. The Morgan fingerprint density at radius 2 is 1.67 bits per heavy atom. The molecule has 2 aromatic carbocycles. The second-order valence-corrected chi connectivity index (χ2v) is 6.91. The summed E-state index contributed by atoms with van der Waals surface area (Å²) in [5.74, 6) is -0.770. The number of carbonyl (C=O) groups is 2. The molecule has 0 aliphatic carbocycles. The number of hydrazine groups is 1. The van der Waals surface area contributed by atoms with Crippen LogP contribution in [0, 0.1) is 0 Å². The highest BCUT2D eigenvalue weighted by Crippen LogP contribution is 2.34. The molecule has 0 bridgehead atoms. The van der Waals surface area contributed by atoms with E-state index in [-0.39, 0.29) is 12.3 Å². The van der Waals surface area contributed by atoms with E-state index in [9.17, 15) is 9.59 Å². The summed E-state index contributed by atoms with van der Waals surface area (Å²) >= 11 is 13.3. The standard InChI is InChI=1S/C17H12Cl2N2O2S/c18-11-7-5-10(6-8-11)9-14(22)20-21-17(23)16-15(19)12-3-1-2-4-13(12)24-16/h1-8H,9H2,(H,20,22)(H,21,23). The van der Waals surface area contributed by atoms with Crippen molar-refractivity contribution in [2.24, 2.45) is 0 Å². The van der Waals surface area contributed by atoms with E-state index in [2.05, 4.69) is 10.9 Å². The van der Waals surface area contributed by atoms with Gasteiger partial charge in [-0.2, -0.15) is 0 Å². The van der Waals surface area contributed by atoms with Crippen molar-refractivity contribution in [2.75, 3.05) is 0 Å². The van der Waals surface area contributed by atoms with Crippen LogP contribution in [0.5, 0.6) is 0 Å². The molecule has 0 aliphatic heterocycles. The SMILES string of the molecule is O=C(Cc1ccc(Cl)cc1)NNC(=O)c1sc2ccccc2c1Cl. The number of halogens is 2. The second kappa shape index (κ2) is 7.21. The zero-order valence-corrected chi connectivity index (χ0v) is 14.6. The van der Waals surface area contributed by atoms with E-state index < -0.39 is 5.91 Å². The van der Waals surface area contributed by atoms with Gasteiger partial charge in [-0.05, 0) is 23.8 Å². The normalized spacial score (nSPS) is 10.6. The lowest BCUT2D eigenvalue weighted by Crippen LogP contribution is -2.42. The Morgan fingerprint density at radius 1 is 0.958 bits per heavy atom. The molecular weight excluding hydrogens is 367 g/mol. The van der Waals surface area contributed by atoms with Gasteiger partial charge in [-0.15, -0.1) is 11.3 Å². The second-order valence-electron chi connectivity index (χ2n) is 5.05. The fourth-order valence-electron chi connectivity index (χ4n) is 2.18. The Balaban J connectivity index is 1.63. The van der Waals surface area contributed by atoms with Crippen molar-refractivity contribution in [1.29, 1.82) is 0 Å². The summed E-state index contributed by atoms with van der Waals surface area (Å²) in [6, 6.07) is 14.4. The van der Waals surface area contributed by atoms with Gasteiger partial charge in [0.15, 0.2) is 0 Å². The molecule has 0 aliphatic rings. The summed E-state index contributed by atoms with van der Waals surface area (Å²) < 4.78 is 0.917. The van der Waals surface area contributed by atoms with Crippen molar-refractivity contribution < 1.29 is 9.59 Å². The van der Waals surface area contributed by atoms with Crippen LogP contribution < -0.4 is 10.9 Å². The van der Waals surface area contributed by atoms with E-state index in [1.807, 2.05) is 24.3 Å². The monoisotopic (exact) mass is 378 g/mol. The van der Waals surface area contributed by atoms with Crippen LogP contribution >= 0.6 is 34.5 Å². The average Bonchev–Trinajstić information content (AvgIpc) is 2.92. The molecule has 0 saturated carbocycles. The fraction of sp³-hybridized carbons (Fsp3) is 0.0588. The van der Waals surface area contributed by atoms with Crippen molar-refractivity contribution >= 4 is 56.4 Å². The molecule has 0 saturated heterocycles. The van der Waals surface area contributed by atoms with Crippen LogP contribution in [0.2, 0.25) is 10.0 Å². The highest BCUT2D eigenvalue weighted by Gasteiger charge is 2.17. The molecule has 3 rings (SSSR count). The maximum atomic E-state index is 12.2. The van der Waals surface area contributed by atoms with Gasteiger partial charge < -0.3 is 0 Å². The zero-order chi connectivity index (χ0) is 17.1.